The summed E-state index contributed by atoms with van der Waals surface area (Å²) in [6.07, 6.45) is 13.8. The van der Waals surface area contributed by atoms with Gasteiger partial charge in [-0.15, -0.1) is 0 Å². The third kappa shape index (κ3) is 6.18. The number of benzene rings is 1. The summed E-state index contributed by atoms with van der Waals surface area (Å²) < 4.78 is 0. The molecule has 1 aliphatic heterocycles. The third-order valence-corrected chi connectivity index (χ3v) is 6.87. The molecule has 3 rings (SSSR count). The summed E-state index contributed by atoms with van der Waals surface area (Å²) >= 11 is 0. The zero-order valence-electron chi connectivity index (χ0n) is 19.0. The first kappa shape index (κ1) is 23.5. The van der Waals surface area contributed by atoms with Crippen LogP contribution >= 0.6 is 0 Å². The Bertz CT molecular complexity index is 726. The number of rotatable bonds is 12. The molecule has 3 amide bonds. The molecule has 170 valence electrons. The first-order chi connectivity index (χ1) is 15.1. The third-order valence-electron chi connectivity index (χ3n) is 6.87. The van der Waals surface area contributed by atoms with Crippen LogP contribution in [0.4, 0.5) is 0 Å². The van der Waals surface area contributed by atoms with Crippen LogP contribution in [0.3, 0.4) is 0 Å². The highest BCUT2D eigenvalue weighted by Gasteiger charge is 2.39. The van der Waals surface area contributed by atoms with E-state index in [2.05, 4.69) is 12.2 Å². The maximum Gasteiger partial charge on any atom is 0.261 e. The highest BCUT2D eigenvalue weighted by atomic mass is 16.2. The molecule has 1 N–H and O–H groups in total. The summed E-state index contributed by atoms with van der Waals surface area (Å²) in [5, 5.41) is 3.13. The molecule has 5 nitrogen and oxygen atoms in total. The summed E-state index contributed by atoms with van der Waals surface area (Å²) in [7, 11) is 0. The zero-order valence-corrected chi connectivity index (χ0v) is 19.0. The van der Waals surface area contributed by atoms with Crippen molar-refractivity contribution < 1.29 is 14.4 Å². The number of hydrogen-bond acceptors (Lipinski definition) is 3. The minimum Gasteiger partial charge on any atom is -0.356 e. The molecule has 0 saturated heterocycles. The van der Waals surface area contributed by atoms with Gasteiger partial charge in [-0.05, 0) is 37.3 Å². The number of nitrogens with one attached hydrogen (secondary N) is 1. The van der Waals surface area contributed by atoms with Crippen LogP contribution in [-0.2, 0) is 4.79 Å². The lowest BCUT2D eigenvalue weighted by atomic mass is 9.78. The van der Waals surface area contributed by atoms with E-state index < -0.39 is 0 Å². The summed E-state index contributed by atoms with van der Waals surface area (Å²) in [4.78, 5) is 39.7. The van der Waals surface area contributed by atoms with Gasteiger partial charge in [0, 0.05) is 19.0 Å². The van der Waals surface area contributed by atoms with Crippen molar-refractivity contribution in [1.29, 1.82) is 0 Å². The van der Waals surface area contributed by atoms with Gasteiger partial charge < -0.3 is 5.32 Å². The zero-order chi connectivity index (χ0) is 22.1. The van der Waals surface area contributed by atoms with Crippen molar-refractivity contribution in [2.75, 3.05) is 13.1 Å². The minimum absolute atomic E-state index is 0.0505. The topological polar surface area (TPSA) is 66.5 Å². The van der Waals surface area contributed by atoms with Crippen LogP contribution in [0.5, 0.6) is 0 Å². The van der Waals surface area contributed by atoms with Crippen molar-refractivity contribution in [1.82, 2.24) is 10.2 Å². The van der Waals surface area contributed by atoms with E-state index in [1.165, 1.54) is 43.4 Å². The van der Waals surface area contributed by atoms with E-state index in [0.717, 1.165) is 45.1 Å². The van der Waals surface area contributed by atoms with Crippen LogP contribution in [0.2, 0.25) is 0 Å². The standard InChI is InChI=1S/C26H38N2O3/c1-2-3-4-5-6-7-8-13-18-27-24(29)21-15-10-9-14-20(21)19-28-25(30)22-16-11-12-17-23(22)26(28)31/h11-12,16-17,20-21H,2-10,13-15,18-19H2,1H3,(H,27,29). The first-order valence-corrected chi connectivity index (χ1v) is 12.4. The van der Waals surface area contributed by atoms with Crippen LogP contribution < -0.4 is 5.32 Å². The van der Waals surface area contributed by atoms with Crippen molar-refractivity contribution in [3.05, 3.63) is 35.4 Å². The Balaban J connectivity index is 1.44. The van der Waals surface area contributed by atoms with Gasteiger partial charge in [-0.2, -0.15) is 0 Å². The predicted molar refractivity (Wildman–Crippen MR) is 123 cm³/mol. The van der Waals surface area contributed by atoms with E-state index in [-0.39, 0.29) is 29.6 Å². The number of nitrogens with zero attached hydrogens (tertiary/aromatic N) is 1. The van der Waals surface area contributed by atoms with Crippen LogP contribution in [0.25, 0.3) is 0 Å². The van der Waals surface area contributed by atoms with Gasteiger partial charge >= 0.3 is 0 Å². The Morgan fingerprint density at radius 3 is 2.13 bits per heavy atom. The number of hydrogen-bond donors (Lipinski definition) is 1. The van der Waals surface area contributed by atoms with Gasteiger partial charge in [-0.25, -0.2) is 0 Å². The van der Waals surface area contributed by atoms with E-state index in [1.54, 1.807) is 24.3 Å². The molecule has 5 heteroatoms. The monoisotopic (exact) mass is 426 g/mol. The number of imide groups is 1. The second-order valence-corrected chi connectivity index (χ2v) is 9.18. The normalized spacial score (nSPS) is 20.7. The number of fused-ring (bicyclic) bond motifs is 1. The van der Waals surface area contributed by atoms with Gasteiger partial charge in [0.05, 0.1) is 11.1 Å². The Labute approximate surface area is 187 Å². The van der Waals surface area contributed by atoms with E-state index in [4.69, 9.17) is 0 Å². The average Bonchev–Trinajstić information content (AvgIpc) is 3.03. The number of carbonyl (C=O) groups excluding carboxylic acids is 3. The fourth-order valence-corrected chi connectivity index (χ4v) is 5.01. The van der Waals surface area contributed by atoms with Crippen molar-refractivity contribution >= 4 is 17.7 Å². The second kappa shape index (κ2) is 12.0. The highest BCUT2D eigenvalue weighted by molar-refractivity contribution is 6.21. The van der Waals surface area contributed by atoms with Crippen LogP contribution in [-0.4, -0.2) is 35.7 Å². The Morgan fingerprint density at radius 1 is 0.903 bits per heavy atom. The smallest absolute Gasteiger partial charge is 0.261 e. The molecule has 1 heterocycles. The quantitative estimate of drug-likeness (QED) is 0.362. The van der Waals surface area contributed by atoms with E-state index >= 15 is 0 Å². The van der Waals surface area contributed by atoms with E-state index in [0.29, 0.717) is 17.7 Å². The molecule has 0 aromatic heterocycles. The minimum atomic E-state index is -0.218. The number of carbonyl (C=O) groups is 3. The summed E-state index contributed by atoms with van der Waals surface area (Å²) in [6.45, 7) is 3.31. The summed E-state index contributed by atoms with van der Waals surface area (Å²) in [5.41, 5.74) is 0.970. The molecular weight excluding hydrogens is 388 g/mol. The summed E-state index contributed by atoms with van der Waals surface area (Å²) in [6, 6.07) is 7.00. The van der Waals surface area contributed by atoms with Gasteiger partial charge in [-0.3, -0.25) is 19.3 Å². The Kier molecular flexibility index (Phi) is 9.11. The molecule has 31 heavy (non-hydrogen) atoms. The lowest BCUT2D eigenvalue weighted by Gasteiger charge is -2.32. The molecule has 1 aromatic rings. The summed E-state index contributed by atoms with van der Waals surface area (Å²) in [5.74, 6) is -0.389. The maximum absolute atomic E-state index is 12.9. The number of amides is 3. The lowest BCUT2D eigenvalue weighted by Crippen LogP contribution is -2.43. The molecule has 1 aliphatic carbocycles. The van der Waals surface area contributed by atoms with Crippen LogP contribution in [0.1, 0.15) is 105 Å². The first-order valence-electron chi connectivity index (χ1n) is 12.4. The van der Waals surface area contributed by atoms with Crippen LogP contribution in [0, 0.1) is 11.8 Å². The predicted octanol–water partition coefficient (Wildman–Crippen LogP) is 5.35. The van der Waals surface area contributed by atoms with Gasteiger partial charge in [0.25, 0.3) is 11.8 Å². The van der Waals surface area contributed by atoms with Crippen molar-refractivity contribution in [2.45, 2.75) is 84.0 Å². The molecule has 2 atom stereocenters. The van der Waals surface area contributed by atoms with Crippen molar-refractivity contribution in [3.8, 4) is 0 Å². The fourth-order valence-electron chi connectivity index (χ4n) is 5.01. The molecular formula is C26H38N2O3. The molecule has 0 spiro atoms. The molecule has 0 bridgehead atoms. The van der Waals surface area contributed by atoms with Gasteiger partial charge in [-0.1, -0.05) is 76.8 Å². The molecule has 1 fully saturated rings. The van der Waals surface area contributed by atoms with E-state index in [1.807, 2.05) is 0 Å². The van der Waals surface area contributed by atoms with Gasteiger partial charge in [0.2, 0.25) is 5.91 Å². The molecule has 2 aliphatic rings. The Hall–Kier alpha value is -2.17. The average molecular weight is 427 g/mol. The molecule has 1 saturated carbocycles. The lowest BCUT2D eigenvalue weighted by molar-refractivity contribution is -0.128. The van der Waals surface area contributed by atoms with E-state index in [9.17, 15) is 14.4 Å². The van der Waals surface area contributed by atoms with Gasteiger partial charge in [0.1, 0.15) is 0 Å². The molecule has 0 radical (unpaired) electrons. The molecule has 2 unspecified atom stereocenters. The largest absolute Gasteiger partial charge is 0.356 e. The maximum atomic E-state index is 12.9. The van der Waals surface area contributed by atoms with Crippen LogP contribution in [0.15, 0.2) is 24.3 Å². The van der Waals surface area contributed by atoms with Gasteiger partial charge in [0.15, 0.2) is 0 Å². The van der Waals surface area contributed by atoms with Crippen molar-refractivity contribution in [2.24, 2.45) is 11.8 Å². The number of unbranched alkanes of at least 4 members (excludes halogenated alkanes) is 7. The Morgan fingerprint density at radius 2 is 1.48 bits per heavy atom. The molecule has 1 aromatic carbocycles. The van der Waals surface area contributed by atoms with Crippen molar-refractivity contribution in [3.63, 3.8) is 0 Å². The highest BCUT2D eigenvalue weighted by Crippen LogP contribution is 2.33. The SMILES string of the molecule is CCCCCCCCCCNC(=O)C1CCCCC1CN1C(=O)c2ccccc2C1=O. The fraction of sp³-hybridized carbons (Fsp3) is 0.654. The second-order valence-electron chi connectivity index (χ2n) is 9.18.